The molecule has 0 radical (unpaired) electrons. The van der Waals surface area contributed by atoms with E-state index in [9.17, 15) is 14.7 Å². The summed E-state index contributed by atoms with van der Waals surface area (Å²) in [6.07, 6.45) is 0. The second-order valence-corrected chi connectivity index (χ2v) is 5.64. The van der Waals surface area contributed by atoms with Crippen molar-refractivity contribution in [2.75, 3.05) is 0 Å². The molecule has 2 rings (SSSR count). The summed E-state index contributed by atoms with van der Waals surface area (Å²) < 4.78 is 0. The summed E-state index contributed by atoms with van der Waals surface area (Å²) in [5, 5.41) is 10.6. The van der Waals surface area contributed by atoms with Gasteiger partial charge in [-0.05, 0) is 17.7 Å². The molecule has 114 valence electrons. The minimum atomic E-state index is -2.16. The fourth-order valence-corrected chi connectivity index (χ4v) is 2.41. The SMILES string of the molecule is O=C(NC(Cl)(C(=O)O)C(Cl)c1ccccc1)c1ccccc1. The summed E-state index contributed by atoms with van der Waals surface area (Å²) in [6, 6.07) is 16.7. The van der Waals surface area contributed by atoms with Crippen molar-refractivity contribution < 1.29 is 14.7 Å². The van der Waals surface area contributed by atoms with E-state index >= 15 is 0 Å². The molecule has 2 aromatic rings. The number of rotatable bonds is 5. The summed E-state index contributed by atoms with van der Waals surface area (Å²) >= 11 is 12.4. The lowest BCUT2D eigenvalue weighted by atomic mass is 10.0. The third kappa shape index (κ3) is 3.40. The first-order valence-corrected chi connectivity index (χ1v) is 7.25. The molecule has 2 aromatic carbocycles. The van der Waals surface area contributed by atoms with Crippen molar-refractivity contribution in [3.63, 3.8) is 0 Å². The molecule has 0 heterocycles. The molecule has 2 N–H and O–H groups in total. The summed E-state index contributed by atoms with van der Waals surface area (Å²) in [4.78, 5) is 21.6. The first-order chi connectivity index (χ1) is 10.4. The number of benzene rings is 2. The zero-order valence-electron chi connectivity index (χ0n) is 11.4. The maximum atomic E-state index is 12.2. The van der Waals surface area contributed by atoms with E-state index in [1.54, 1.807) is 60.7 Å². The van der Waals surface area contributed by atoms with Crippen LogP contribution in [0.2, 0.25) is 0 Å². The van der Waals surface area contributed by atoms with Crippen LogP contribution in [0.4, 0.5) is 0 Å². The molecule has 0 aliphatic rings. The quantitative estimate of drug-likeness (QED) is 0.648. The molecule has 2 unspecified atom stereocenters. The minimum absolute atomic E-state index is 0.297. The maximum absolute atomic E-state index is 12.2. The van der Waals surface area contributed by atoms with Gasteiger partial charge < -0.3 is 10.4 Å². The molecule has 0 fully saturated rings. The fraction of sp³-hybridized carbons (Fsp3) is 0.125. The normalized spacial score (nSPS) is 14.6. The van der Waals surface area contributed by atoms with Crippen molar-refractivity contribution in [3.05, 3.63) is 71.8 Å². The molecule has 0 saturated heterocycles. The van der Waals surface area contributed by atoms with Crippen molar-refractivity contribution in [1.29, 1.82) is 0 Å². The van der Waals surface area contributed by atoms with Crippen LogP contribution in [0.15, 0.2) is 60.7 Å². The van der Waals surface area contributed by atoms with E-state index in [-0.39, 0.29) is 0 Å². The molecular weight excluding hydrogens is 325 g/mol. The van der Waals surface area contributed by atoms with Crippen LogP contribution in [0.3, 0.4) is 0 Å². The number of hydrogen-bond acceptors (Lipinski definition) is 2. The molecule has 0 spiro atoms. The number of carbonyl (C=O) groups is 2. The van der Waals surface area contributed by atoms with Crippen LogP contribution in [0.25, 0.3) is 0 Å². The van der Waals surface area contributed by atoms with Crippen LogP contribution >= 0.6 is 23.2 Å². The smallest absolute Gasteiger partial charge is 0.347 e. The number of amides is 1. The number of nitrogens with one attached hydrogen (secondary N) is 1. The lowest BCUT2D eigenvalue weighted by Crippen LogP contribution is -2.53. The number of carbonyl (C=O) groups excluding carboxylic acids is 1. The van der Waals surface area contributed by atoms with Crippen LogP contribution in [0.1, 0.15) is 21.3 Å². The van der Waals surface area contributed by atoms with E-state index in [0.717, 1.165) is 0 Å². The highest BCUT2D eigenvalue weighted by molar-refractivity contribution is 6.40. The van der Waals surface area contributed by atoms with E-state index in [1.165, 1.54) is 0 Å². The Morgan fingerprint density at radius 1 is 1.00 bits per heavy atom. The third-order valence-electron chi connectivity index (χ3n) is 3.08. The highest BCUT2D eigenvalue weighted by Gasteiger charge is 2.46. The fourth-order valence-electron chi connectivity index (χ4n) is 1.90. The number of aliphatic carboxylic acids is 1. The van der Waals surface area contributed by atoms with Gasteiger partial charge in [0.1, 0.15) is 5.38 Å². The average Bonchev–Trinajstić information content (AvgIpc) is 2.55. The summed E-state index contributed by atoms with van der Waals surface area (Å²) in [6.45, 7) is 0. The Balaban J connectivity index is 2.29. The van der Waals surface area contributed by atoms with Crippen molar-refractivity contribution in [2.45, 2.75) is 10.4 Å². The van der Waals surface area contributed by atoms with Gasteiger partial charge in [-0.25, -0.2) is 4.79 Å². The molecule has 2 atom stereocenters. The highest BCUT2D eigenvalue weighted by atomic mass is 35.5. The van der Waals surface area contributed by atoms with Crippen molar-refractivity contribution in [2.24, 2.45) is 0 Å². The molecule has 6 heteroatoms. The molecule has 0 aliphatic carbocycles. The molecule has 0 bridgehead atoms. The van der Waals surface area contributed by atoms with Crippen LogP contribution in [0, 0.1) is 0 Å². The third-order valence-corrected chi connectivity index (χ3v) is 4.25. The topological polar surface area (TPSA) is 66.4 Å². The van der Waals surface area contributed by atoms with Gasteiger partial charge in [-0.3, -0.25) is 4.79 Å². The van der Waals surface area contributed by atoms with E-state index in [2.05, 4.69) is 5.32 Å². The monoisotopic (exact) mass is 337 g/mol. The number of halogens is 2. The van der Waals surface area contributed by atoms with Gasteiger partial charge in [0, 0.05) is 5.56 Å². The Bertz CT molecular complexity index is 664. The van der Waals surface area contributed by atoms with Crippen molar-refractivity contribution >= 4 is 35.1 Å². The Morgan fingerprint density at radius 3 is 2.00 bits per heavy atom. The minimum Gasteiger partial charge on any atom is -0.479 e. The molecule has 4 nitrogen and oxygen atoms in total. The molecule has 0 saturated carbocycles. The van der Waals surface area contributed by atoms with Crippen LogP contribution < -0.4 is 5.32 Å². The van der Waals surface area contributed by atoms with Crippen LogP contribution in [0.5, 0.6) is 0 Å². The van der Waals surface area contributed by atoms with Gasteiger partial charge in [-0.15, -0.1) is 11.6 Å². The Hall–Kier alpha value is -2.04. The van der Waals surface area contributed by atoms with Crippen LogP contribution in [-0.2, 0) is 4.79 Å². The van der Waals surface area contributed by atoms with Gasteiger partial charge in [0.25, 0.3) is 5.91 Å². The first kappa shape index (κ1) is 16.3. The van der Waals surface area contributed by atoms with E-state index in [4.69, 9.17) is 23.2 Å². The van der Waals surface area contributed by atoms with E-state index in [1.807, 2.05) is 0 Å². The Kier molecular flexibility index (Phi) is 5.06. The molecule has 22 heavy (non-hydrogen) atoms. The number of carboxylic acid groups (broad SMARTS) is 1. The zero-order valence-corrected chi connectivity index (χ0v) is 12.9. The molecule has 0 aliphatic heterocycles. The number of alkyl halides is 2. The largest absolute Gasteiger partial charge is 0.479 e. The van der Waals surface area contributed by atoms with Crippen molar-refractivity contribution in [3.8, 4) is 0 Å². The van der Waals surface area contributed by atoms with Gasteiger partial charge in [0.2, 0.25) is 5.00 Å². The number of hydrogen-bond donors (Lipinski definition) is 2. The highest BCUT2D eigenvalue weighted by Crippen LogP contribution is 2.36. The summed E-state index contributed by atoms with van der Waals surface area (Å²) in [5.74, 6) is -2.04. The van der Waals surface area contributed by atoms with Gasteiger partial charge in [0.05, 0.1) is 0 Å². The standard InChI is InChI=1S/C16H13Cl2NO3/c17-13(11-7-3-1-4-8-11)16(18,15(21)22)19-14(20)12-9-5-2-6-10-12/h1-10,13H,(H,19,20)(H,21,22). The lowest BCUT2D eigenvalue weighted by Gasteiger charge is -2.28. The van der Waals surface area contributed by atoms with Gasteiger partial charge in [0.15, 0.2) is 0 Å². The Labute approximate surface area is 137 Å². The first-order valence-electron chi connectivity index (χ1n) is 6.44. The maximum Gasteiger partial charge on any atom is 0.347 e. The molecule has 0 aromatic heterocycles. The Morgan fingerprint density at radius 2 is 1.50 bits per heavy atom. The average molecular weight is 338 g/mol. The lowest BCUT2D eigenvalue weighted by molar-refractivity contribution is -0.141. The van der Waals surface area contributed by atoms with E-state index in [0.29, 0.717) is 11.1 Å². The van der Waals surface area contributed by atoms with Crippen LogP contribution in [-0.4, -0.2) is 22.0 Å². The van der Waals surface area contributed by atoms with Crippen molar-refractivity contribution in [1.82, 2.24) is 5.32 Å². The summed E-state index contributed by atoms with van der Waals surface area (Å²) in [5.41, 5.74) is 0.792. The van der Waals surface area contributed by atoms with Gasteiger partial charge in [-0.1, -0.05) is 60.1 Å². The molecular formula is C16H13Cl2NO3. The van der Waals surface area contributed by atoms with Gasteiger partial charge >= 0.3 is 5.97 Å². The predicted molar refractivity (Wildman–Crippen MR) is 85.2 cm³/mol. The second kappa shape index (κ2) is 6.81. The molecule has 1 amide bonds. The summed E-state index contributed by atoms with van der Waals surface area (Å²) in [7, 11) is 0. The second-order valence-electron chi connectivity index (χ2n) is 4.61. The zero-order chi connectivity index (χ0) is 16.2. The predicted octanol–water partition coefficient (Wildman–Crippen LogP) is 3.42. The van der Waals surface area contributed by atoms with Gasteiger partial charge in [-0.2, -0.15) is 0 Å². The van der Waals surface area contributed by atoms with E-state index < -0.39 is 22.3 Å². The number of carboxylic acids is 1.